The van der Waals surface area contributed by atoms with E-state index in [0.29, 0.717) is 0 Å². The summed E-state index contributed by atoms with van der Waals surface area (Å²) >= 11 is 0. The third-order valence-electron chi connectivity index (χ3n) is 1.88. The topological polar surface area (TPSA) is 0 Å². The Morgan fingerprint density at radius 1 is 1.67 bits per heavy atom. The highest BCUT2D eigenvalue weighted by molar-refractivity contribution is 5.06. The van der Waals surface area contributed by atoms with Gasteiger partial charge >= 0.3 is 0 Å². The Hall–Kier alpha value is -0.480. The quantitative estimate of drug-likeness (QED) is 0.433. The summed E-state index contributed by atoms with van der Waals surface area (Å²) in [4.78, 5) is 0. The summed E-state index contributed by atoms with van der Waals surface area (Å²) in [6.45, 7) is 4.35. The molecule has 1 unspecified atom stereocenters. The molecule has 0 aromatic carbocycles. The van der Waals surface area contributed by atoms with Crippen molar-refractivity contribution in [2.45, 2.75) is 33.1 Å². The minimum absolute atomic E-state index is 0.910. The van der Waals surface area contributed by atoms with E-state index in [2.05, 4.69) is 12.7 Å². The SMILES string of the molecule is CC=C=C1CCC(C)C1. The van der Waals surface area contributed by atoms with Crippen LogP contribution in [-0.4, -0.2) is 0 Å². The van der Waals surface area contributed by atoms with Crippen molar-refractivity contribution >= 4 is 0 Å². The molecule has 0 heteroatoms. The first kappa shape index (κ1) is 6.64. The molecular weight excluding hydrogens is 108 g/mol. The normalized spacial score (nSPS) is 26.0. The van der Waals surface area contributed by atoms with Gasteiger partial charge in [-0.1, -0.05) is 6.92 Å². The standard InChI is InChI=1S/C9H14/c1-3-4-9-6-5-8(2)7-9/h3,8H,5-7H2,1-2H3. The van der Waals surface area contributed by atoms with E-state index in [0.717, 1.165) is 5.92 Å². The molecule has 0 aromatic heterocycles. The summed E-state index contributed by atoms with van der Waals surface area (Å²) in [7, 11) is 0. The predicted molar refractivity (Wildman–Crippen MR) is 40.3 cm³/mol. The van der Waals surface area contributed by atoms with Crippen LogP contribution in [0.5, 0.6) is 0 Å². The lowest BCUT2D eigenvalue weighted by Crippen LogP contribution is -1.79. The fourth-order valence-electron chi connectivity index (χ4n) is 1.38. The number of rotatable bonds is 0. The van der Waals surface area contributed by atoms with Crippen molar-refractivity contribution in [2.24, 2.45) is 5.92 Å². The Labute approximate surface area is 57.3 Å². The van der Waals surface area contributed by atoms with Gasteiger partial charge in [-0.2, -0.15) is 0 Å². The monoisotopic (exact) mass is 122 g/mol. The molecule has 9 heavy (non-hydrogen) atoms. The summed E-state index contributed by atoms with van der Waals surface area (Å²) in [5.41, 5.74) is 4.79. The number of hydrogen-bond acceptors (Lipinski definition) is 0. The van der Waals surface area contributed by atoms with E-state index in [1.54, 1.807) is 0 Å². The summed E-state index contributed by atoms with van der Waals surface area (Å²) in [5, 5.41) is 0. The van der Waals surface area contributed by atoms with Gasteiger partial charge < -0.3 is 0 Å². The Morgan fingerprint density at radius 2 is 2.44 bits per heavy atom. The molecule has 0 amide bonds. The van der Waals surface area contributed by atoms with Gasteiger partial charge in [0.2, 0.25) is 0 Å². The minimum Gasteiger partial charge on any atom is -0.126 e. The highest BCUT2D eigenvalue weighted by atomic mass is 14.2. The van der Waals surface area contributed by atoms with Gasteiger partial charge in [-0.25, -0.2) is 0 Å². The molecule has 1 aliphatic carbocycles. The van der Waals surface area contributed by atoms with Crippen LogP contribution in [0.4, 0.5) is 0 Å². The maximum atomic E-state index is 3.27. The van der Waals surface area contributed by atoms with Crippen molar-refractivity contribution < 1.29 is 0 Å². The van der Waals surface area contributed by atoms with Crippen LogP contribution in [0.15, 0.2) is 17.4 Å². The van der Waals surface area contributed by atoms with Gasteiger partial charge in [0.15, 0.2) is 0 Å². The Balaban J connectivity index is 2.58. The van der Waals surface area contributed by atoms with E-state index in [1.165, 1.54) is 24.8 Å². The molecule has 0 heterocycles. The molecule has 1 aliphatic rings. The largest absolute Gasteiger partial charge is 0.126 e. The van der Waals surface area contributed by atoms with Gasteiger partial charge in [0.25, 0.3) is 0 Å². The fraction of sp³-hybridized carbons (Fsp3) is 0.667. The smallest absolute Gasteiger partial charge is 0.0218 e. The summed E-state index contributed by atoms with van der Waals surface area (Å²) in [6, 6.07) is 0. The summed E-state index contributed by atoms with van der Waals surface area (Å²) in [5.74, 6) is 0.910. The van der Waals surface area contributed by atoms with Crippen LogP contribution < -0.4 is 0 Å². The first-order valence-electron chi connectivity index (χ1n) is 3.72. The molecule has 0 bridgehead atoms. The van der Waals surface area contributed by atoms with Crippen molar-refractivity contribution in [3.8, 4) is 0 Å². The third-order valence-corrected chi connectivity index (χ3v) is 1.88. The molecule has 0 aromatic rings. The van der Waals surface area contributed by atoms with Crippen molar-refractivity contribution in [1.29, 1.82) is 0 Å². The van der Waals surface area contributed by atoms with Gasteiger partial charge in [-0.3, -0.25) is 0 Å². The van der Waals surface area contributed by atoms with Crippen LogP contribution in [0, 0.1) is 5.92 Å². The third kappa shape index (κ3) is 1.73. The van der Waals surface area contributed by atoms with Gasteiger partial charge in [-0.05, 0) is 43.8 Å². The Morgan fingerprint density at radius 3 is 2.89 bits per heavy atom. The molecule has 0 saturated heterocycles. The second-order valence-corrected chi connectivity index (χ2v) is 2.88. The van der Waals surface area contributed by atoms with Crippen molar-refractivity contribution in [3.63, 3.8) is 0 Å². The molecule has 0 aliphatic heterocycles. The van der Waals surface area contributed by atoms with Gasteiger partial charge in [0, 0.05) is 0 Å². The van der Waals surface area contributed by atoms with Crippen molar-refractivity contribution in [2.75, 3.05) is 0 Å². The average molecular weight is 122 g/mol. The molecular formula is C9H14. The average Bonchev–Trinajstić information content (AvgIpc) is 2.17. The van der Waals surface area contributed by atoms with Gasteiger partial charge in [-0.15, -0.1) is 5.73 Å². The van der Waals surface area contributed by atoms with Gasteiger partial charge in [0.05, 0.1) is 0 Å². The molecule has 0 spiro atoms. The van der Waals surface area contributed by atoms with E-state index in [-0.39, 0.29) is 0 Å². The van der Waals surface area contributed by atoms with E-state index >= 15 is 0 Å². The maximum Gasteiger partial charge on any atom is -0.0218 e. The zero-order chi connectivity index (χ0) is 6.69. The first-order chi connectivity index (χ1) is 4.33. The van der Waals surface area contributed by atoms with Crippen molar-refractivity contribution in [3.05, 3.63) is 17.4 Å². The molecule has 50 valence electrons. The first-order valence-corrected chi connectivity index (χ1v) is 3.72. The molecule has 1 fully saturated rings. The van der Waals surface area contributed by atoms with Crippen LogP contribution in [0.3, 0.4) is 0 Å². The second-order valence-electron chi connectivity index (χ2n) is 2.88. The predicted octanol–water partition coefficient (Wildman–Crippen LogP) is 2.91. The zero-order valence-electron chi connectivity index (χ0n) is 6.28. The van der Waals surface area contributed by atoms with Crippen LogP contribution in [0.25, 0.3) is 0 Å². The number of allylic oxidation sites excluding steroid dienone is 1. The Kier molecular flexibility index (Phi) is 2.13. The second kappa shape index (κ2) is 2.89. The number of hydrogen-bond donors (Lipinski definition) is 0. The van der Waals surface area contributed by atoms with E-state index in [1.807, 2.05) is 13.0 Å². The highest BCUT2D eigenvalue weighted by Crippen LogP contribution is 2.28. The Bertz CT molecular complexity index is 147. The molecule has 1 saturated carbocycles. The minimum atomic E-state index is 0.910. The zero-order valence-corrected chi connectivity index (χ0v) is 6.28. The lowest BCUT2D eigenvalue weighted by molar-refractivity contribution is 0.620. The molecule has 1 rings (SSSR count). The lowest BCUT2D eigenvalue weighted by Gasteiger charge is -1.92. The molecule has 1 atom stereocenters. The van der Waals surface area contributed by atoms with E-state index in [4.69, 9.17) is 0 Å². The highest BCUT2D eigenvalue weighted by Gasteiger charge is 2.13. The van der Waals surface area contributed by atoms with Crippen LogP contribution in [0.2, 0.25) is 0 Å². The van der Waals surface area contributed by atoms with Crippen LogP contribution >= 0.6 is 0 Å². The molecule has 0 N–H and O–H groups in total. The van der Waals surface area contributed by atoms with Gasteiger partial charge in [0.1, 0.15) is 0 Å². The van der Waals surface area contributed by atoms with Crippen molar-refractivity contribution in [1.82, 2.24) is 0 Å². The lowest BCUT2D eigenvalue weighted by atomic mass is 10.1. The summed E-state index contributed by atoms with van der Waals surface area (Å²) in [6.07, 6.45) is 5.96. The van der Waals surface area contributed by atoms with E-state index < -0.39 is 0 Å². The molecule has 0 radical (unpaired) electrons. The fourth-order valence-corrected chi connectivity index (χ4v) is 1.38. The van der Waals surface area contributed by atoms with Crippen LogP contribution in [-0.2, 0) is 0 Å². The van der Waals surface area contributed by atoms with Crippen LogP contribution in [0.1, 0.15) is 33.1 Å². The maximum absolute atomic E-state index is 3.27. The van der Waals surface area contributed by atoms with E-state index in [9.17, 15) is 0 Å². The molecule has 0 nitrogen and oxygen atoms in total. The summed E-state index contributed by atoms with van der Waals surface area (Å²) < 4.78 is 0.